The lowest BCUT2D eigenvalue weighted by molar-refractivity contribution is -0.198. The highest BCUT2D eigenvalue weighted by atomic mass is 35.5. The number of carbonyl (C=O) groups excluding carboxylic acids is 1. The summed E-state index contributed by atoms with van der Waals surface area (Å²) in [5.41, 5.74) is 7.33. The number of carbonyl (C=O) groups is 1. The smallest absolute Gasteiger partial charge is 0.254 e. The zero-order valence-electron chi connectivity index (χ0n) is 19.4. The SMILES string of the molecule is CN(C(=O)CN)N1C=c2cc(OCc3ccccc3Cl)ccc2=NC1(C)OCc1ccccc1Cl. The molecular formula is C26H26Cl2N4O3. The predicted molar refractivity (Wildman–Crippen MR) is 136 cm³/mol. The quantitative estimate of drug-likeness (QED) is 0.499. The number of ether oxygens (including phenoxy) is 2. The lowest BCUT2D eigenvalue weighted by atomic mass is 10.2. The van der Waals surface area contributed by atoms with Gasteiger partial charge in [0.15, 0.2) is 0 Å². The van der Waals surface area contributed by atoms with Crippen LogP contribution in [0.2, 0.25) is 10.0 Å². The van der Waals surface area contributed by atoms with Crippen LogP contribution >= 0.6 is 23.2 Å². The summed E-state index contributed by atoms with van der Waals surface area (Å²) in [6.45, 7) is 2.15. The molecular weight excluding hydrogens is 487 g/mol. The number of nitrogens with two attached hydrogens (primary N) is 1. The number of hydrogen-bond acceptors (Lipinski definition) is 6. The summed E-state index contributed by atoms with van der Waals surface area (Å²) in [6, 6.07) is 20.5. The summed E-state index contributed by atoms with van der Waals surface area (Å²) >= 11 is 12.5. The predicted octanol–water partition coefficient (Wildman–Crippen LogP) is 3.47. The lowest BCUT2D eigenvalue weighted by Gasteiger charge is -2.43. The van der Waals surface area contributed by atoms with Crippen molar-refractivity contribution in [2.24, 2.45) is 10.7 Å². The number of likely N-dealkylation sites (N-methyl/N-ethyl adjacent to an activating group) is 1. The Morgan fingerprint density at radius 2 is 1.66 bits per heavy atom. The topological polar surface area (TPSA) is 80.4 Å². The molecule has 3 aromatic carbocycles. The van der Waals surface area contributed by atoms with Gasteiger partial charge in [-0.2, -0.15) is 0 Å². The van der Waals surface area contributed by atoms with Crippen LogP contribution < -0.4 is 21.0 Å². The van der Waals surface area contributed by atoms with E-state index < -0.39 is 5.85 Å². The fourth-order valence-electron chi connectivity index (χ4n) is 3.68. The first kappa shape index (κ1) is 25.0. The van der Waals surface area contributed by atoms with E-state index in [9.17, 15) is 4.79 Å². The van der Waals surface area contributed by atoms with Gasteiger partial charge in [-0.25, -0.2) is 10.0 Å². The molecule has 1 aliphatic heterocycles. The summed E-state index contributed by atoms with van der Waals surface area (Å²) in [7, 11) is 1.63. The molecule has 9 heteroatoms. The number of rotatable bonds is 8. The zero-order chi connectivity index (χ0) is 25.0. The molecule has 1 unspecified atom stereocenters. The molecule has 7 nitrogen and oxygen atoms in total. The number of fused-ring (bicyclic) bond motifs is 1. The Balaban J connectivity index is 1.65. The van der Waals surface area contributed by atoms with Crippen molar-refractivity contribution in [3.8, 4) is 5.75 Å². The van der Waals surface area contributed by atoms with E-state index in [0.29, 0.717) is 27.8 Å². The van der Waals surface area contributed by atoms with Crippen molar-refractivity contribution in [3.05, 3.63) is 98.5 Å². The van der Waals surface area contributed by atoms with Crippen molar-refractivity contribution >= 4 is 35.3 Å². The minimum Gasteiger partial charge on any atom is -0.489 e. The van der Waals surface area contributed by atoms with Gasteiger partial charge in [0.2, 0.25) is 0 Å². The van der Waals surface area contributed by atoms with E-state index in [1.54, 1.807) is 31.2 Å². The second kappa shape index (κ2) is 10.7. The monoisotopic (exact) mass is 512 g/mol. The molecule has 0 spiro atoms. The fraction of sp³-hybridized carbons (Fsp3) is 0.231. The van der Waals surface area contributed by atoms with Crippen molar-refractivity contribution in [1.82, 2.24) is 10.0 Å². The first-order valence-electron chi connectivity index (χ1n) is 11.0. The first-order valence-corrected chi connectivity index (χ1v) is 11.8. The molecule has 1 amide bonds. The Labute approximate surface area is 213 Å². The molecule has 0 aromatic heterocycles. The molecule has 0 saturated heterocycles. The third kappa shape index (κ3) is 5.60. The number of hydrazine groups is 1. The van der Waals surface area contributed by atoms with Gasteiger partial charge in [-0.1, -0.05) is 59.6 Å². The molecule has 4 rings (SSSR count). The van der Waals surface area contributed by atoms with Crippen LogP contribution in [0.25, 0.3) is 6.20 Å². The standard InChI is InChI=1S/C26H26Cl2N4O3/c1-26(35-17-19-8-4-6-10-23(19)28)30-24-12-11-21(34-16-18-7-3-5-9-22(18)27)13-20(24)15-32(26)31(2)25(33)14-29/h3-13,15H,14,16-17,29H2,1-2H3. The molecule has 0 radical (unpaired) electrons. The highest BCUT2D eigenvalue weighted by molar-refractivity contribution is 6.31. The summed E-state index contributed by atoms with van der Waals surface area (Å²) in [5, 5.41) is 5.72. The van der Waals surface area contributed by atoms with Gasteiger partial charge in [-0.15, -0.1) is 0 Å². The number of nitrogens with zero attached hydrogens (tertiary/aromatic N) is 3. The number of hydrogen-bond donors (Lipinski definition) is 1. The highest BCUT2D eigenvalue weighted by Gasteiger charge is 2.37. The number of benzene rings is 3. The molecule has 0 aliphatic carbocycles. The summed E-state index contributed by atoms with van der Waals surface area (Å²) < 4.78 is 12.2. The van der Waals surface area contributed by atoms with Gasteiger partial charge in [0.05, 0.1) is 18.5 Å². The summed E-state index contributed by atoms with van der Waals surface area (Å²) in [4.78, 5) is 17.3. The van der Waals surface area contributed by atoms with Crippen LogP contribution in [0.4, 0.5) is 0 Å². The van der Waals surface area contributed by atoms with Gasteiger partial charge in [0.1, 0.15) is 12.4 Å². The van der Waals surface area contributed by atoms with Crippen LogP contribution in [0.3, 0.4) is 0 Å². The second-order valence-corrected chi connectivity index (χ2v) is 8.94. The number of amides is 1. The Hall–Kier alpha value is -3.10. The third-order valence-electron chi connectivity index (χ3n) is 5.68. The van der Waals surface area contributed by atoms with Crippen LogP contribution in [0.15, 0.2) is 71.7 Å². The zero-order valence-corrected chi connectivity index (χ0v) is 21.0. The van der Waals surface area contributed by atoms with Crippen molar-refractivity contribution in [3.63, 3.8) is 0 Å². The van der Waals surface area contributed by atoms with Crippen LogP contribution in [-0.2, 0) is 22.7 Å². The van der Waals surface area contributed by atoms with E-state index >= 15 is 0 Å². The number of halogens is 2. The molecule has 35 heavy (non-hydrogen) atoms. The molecule has 3 aromatic rings. The Kier molecular flexibility index (Phi) is 7.62. The maximum atomic E-state index is 12.5. The Morgan fingerprint density at radius 3 is 2.29 bits per heavy atom. The minimum absolute atomic E-state index is 0.157. The average molecular weight is 513 g/mol. The fourth-order valence-corrected chi connectivity index (χ4v) is 4.06. The maximum Gasteiger partial charge on any atom is 0.254 e. The van der Waals surface area contributed by atoms with Gasteiger partial charge in [-0.3, -0.25) is 9.80 Å². The Morgan fingerprint density at radius 1 is 1.03 bits per heavy atom. The lowest BCUT2D eigenvalue weighted by Crippen LogP contribution is -2.59. The largest absolute Gasteiger partial charge is 0.489 e. The molecule has 0 bridgehead atoms. The molecule has 0 fully saturated rings. The molecule has 0 saturated carbocycles. The van der Waals surface area contributed by atoms with Gasteiger partial charge in [0, 0.05) is 41.0 Å². The van der Waals surface area contributed by atoms with E-state index in [-0.39, 0.29) is 19.1 Å². The van der Waals surface area contributed by atoms with Crippen LogP contribution in [0.5, 0.6) is 5.75 Å². The normalized spacial score (nSPS) is 16.7. The third-order valence-corrected chi connectivity index (χ3v) is 6.42. The highest BCUT2D eigenvalue weighted by Crippen LogP contribution is 2.26. The van der Waals surface area contributed by atoms with E-state index in [1.165, 1.54) is 5.01 Å². The Bertz CT molecular complexity index is 1350. The first-order chi connectivity index (χ1) is 16.8. The summed E-state index contributed by atoms with van der Waals surface area (Å²) in [6.07, 6.45) is 1.80. The van der Waals surface area contributed by atoms with Crippen molar-refractivity contribution in [2.75, 3.05) is 13.6 Å². The molecule has 2 N–H and O–H groups in total. The maximum absolute atomic E-state index is 12.5. The van der Waals surface area contributed by atoms with E-state index in [2.05, 4.69) is 0 Å². The van der Waals surface area contributed by atoms with Crippen LogP contribution in [0, 0.1) is 0 Å². The van der Waals surface area contributed by atoms with Crippen LogP contribution in [-0.4, -0.2) is 35.4 Å². The molecule has 182 valence electrons. The van der Waals surface area contributed by atoms with Crippen LogP contribution in [0.1, 0.15) is 18.1 Å². The van der Waals surface area contributed by atoms with E-state index in [4.69, 9.17) is 43.4 Å². The summed E-state index contributed by atoms with van der Waals surface area (Å²) in [5.74, 6) is -0.867. The van der Waals surface area contributed by atoms with Gasteiger partial charge >= 0.3 is 0 Å². The van der Waals surface area contributed by atoms with Crippen molar-refractivity contribution < 1.29 is 14.3 Å². The molecule has 1 heterocycles. The van der Waals surface area contributed by atoms with Gasteiger partial charge < -0.3 is 15.2 Å². The van der Waals surface area contributed by atoms with E-state index in [1.807, 2.05) is 60.7 Å². The van der Waals surface area contributed by atoms with Crippen molar-refractivity contribution in [2.45, 2.75) is 26.0 Å². The van der Waals surface area contributed by atoms with Crippen molar-refractivity contribution in [1.29, 1.82) is 0 Å². The average Bonchev–Trinajstić information content (AvgIpc) is 2.86. The van der Waals surface area contributed by atoms with Gasteiger partial charge in [0.25, 0.3) is 11.8 Å². The molecule has 1 atom stereocenters. The van der Waals surface area contributed by atoms with E-state index in [0.717, 1.165) is 16.3 Å². The second-order valence-electron chi connectivity index (χ2n) is 8.12. The van der Waals surface area contributed by atoms with Gasteiger partial charge in [-0.05, 0) is 35.9 Å². The minimum atomic E-state index is -1.22. The molecule has 1 aliphatic rings.